The van der Waals surface area contributed by atoms with Crippen LogP contribution in [0.25, 0.3) is 0 Å². The van der Waals surface area contributed by atoms with Crippen LogP contribution >= 0.6 is 11.8 Å². The van der Waals surface area contributed by atoms with Gasteiger partial charge in [-0.05, 0) is 64.4 Å². The fraction of sp³-hybridized carbons (Fsp3) is 1.00. The summed E-state index contributed by atoms with van der Waals surface area (Å²) in [7, 11) is 0. The Morgan fingerprint density at radius 3 is 2.56 bits per heavy atom. The zero-order chi connectivity index (χ0) is 12.0. The molecule has 0 aliphatic carbocycles. The normalized spacial score (nSPS) is 21.0. The van der Waals surface area contributed by atoms with Gasteiger partial charge in [-0.3, -0.25) is 0 Å². The summed E-state index contributed by atoms with van der Waals surface area (Å²) in [5.41, 5.74) is -0.499. The molecular formula is C13H27NOS. The molecule has 96 valence electrons. The highest BCUT2D eigenvalue weighted by atomic mass is 32.2. The van der Waals surface area contributed by atoms with Gasteiger partial charge in [-0.25, -0.2) is 0 Å². The van der Waals surface area contributed by atoms with Crippen molar-refractivity contribution in [1.82, 2.24) is 5.32 Å². The van der Waals surface area contributed by atoms with E-state index in [4.69, 9.17) is 0 Å². The lowest BCUT2D eigenvalue weighted by Gasteiger charge is -2.27. The fourth-order valence-corrected chi connectivity index (χ4v) is 3.30. The summed E-state index contributed by atoms with van der Waals surface area (Å²) in [6.07, 6.45) is 5.83. The molecule has 0 aromatic carbocycles. The van der Waals surface area contributed by atoms with E-state index < -0.39 is 5.60 Å². The molecule has 0 aromatic rings. The van der Waals surface area contributed by atoms with Crippen molar-refractivity contribution in [2.75, 3.05) is 11.5 Å². The summed E-state index contributed by atoms with van der Waals surface area (Å²) in [6, 6.07) is 1.33. The molecule has 0 aromatic heterocycles. The van der Waals surface area contributed by atoms with E-state index in [9.17, 15) is 5.11 Å². The maximum Gasteiger partial charge on any atom is 0.0591 e. The SMILES string of the molecule is C[C@@H](CCCC(C)(C)O)NC1CCSCC1. The standard InChI is InChI=1S/C13H27NOS/c1-11(5-4-8-13(2,3)15)14-12-6-9-16-10-7-12/h11-12,14-15H,4-10H2,1-3H3/t11-/m0/s1. The molecule has 0 saturated carbocycles. The summed E-state index contributed by atoms with van der Waals surface area (Å²) in [4.78, 5) is 0. The van der Waals surface area contributed by atoms with Gasteiger partial charge in [0.15, 0.2) is 0 Å². The molecule has 0 bridgehead atoms. The molecule has 16 heavy (non-hydrogen) atoms. The Morgan fingerprint density at radius 2 is 2.00 bits per heavy atom. The average molecular weight is 245 g/mol. The van der Waals surface area contributed by atoms with Gasteiger partial charge in [0.1, 0.15) is 0 Å². The first-order chi connectivity index (χ1) is 7.47. The Labute approximate surface area is 105 Å². The molecule has 0 radical (unpaired) electrons. The molecular weight excluding hydrogens is 218 g/mol. The highest BCUT2D eigenvalue weighted by molar-refractivity contribution is 7.99. The van der Waals surface area contributed by atoms with Crippen molar-refractivity contribution in [2.24, 2.45) is 0 Å². The van der Waals surface area contributed by atoms with E-state index in [1.165, 1.54) is 30.8 Å². The quantitative estimate of drug-likeness (QED) is 0.755. The van der Waals surface area contributed by atoms with Gasteiger partial charge in [0.25, 0.3) is 0 Å². The zero-order valence-corrected chi connectivity index (χ0v) is 11.8. The van der Waals surface area contributed by atoms with Crippen LogP contribution in [0.15, 0.2) is 0 Å². The van der Waals surface area contributed by atoms with Gasteiger partial charge in [-0.15, -0.1) is 0 Å². The summed E-state index contributed by atoms with van der Waals surface area (Å²) in [5.74, 6) is 2.63. The van der Waals surface area contributed by atoms with Crippen LogP contribution in [0.1, 0.15) is 52.9 Å². The van der Waals surface area contributed by atoms with Gasteiger partial charge in [0.05, 0.1) is 5.60 Å². The predicted molar refractivity (Wildman–Crippen MR) is 73.1 cm³/mol. The number of aliphatic hydroxyl groups is 1. The highest BCUT2D eigenvalue weighted by Gasteiger charge is 2.17. The van der Waals surface area contributed by atoms with Crippen molar-refractivity contribution in [3.63, 3.8) is 0 Å². The van der Waals surface area contributed by atoms with E-state index >= 15 is 0 Å². The largest absolute Gasteiger partial charge is 0.390 e. The Kier molecular flexibility index (Phi) is 6.16. The van der Waals surface area contributed by atoms with E-state index in [2.05, 4.69) is 24.0 Å². The molecule has 1 heterocycles. The van der Waals surface area contributed by atoms with Crippen molar-refractivity contribution in [3.05, 3.63) is 0 Å². The third kappa shape index (κ3) is 6.77. The molecule has 2 N–H and O–H groups in total. The lowest BCUT2D eigenvalue weighted by atomic mass is 9.99. The summed E-state index contributed by atoms with van der Waals surface area (Å²) in [6.45, 7) is 6.05. The third-order valence-electron chi connectivity index (χ3n) is 3.17. The maximum absolute atomic E-state index is 9.63. The monoisotopic (exact) mass is 245 g/mol. The van der Waals surface area contributed by atoms with E-state index in [0.717, 1.165) is 18.9 Å². The third-order valence-corrected chi connectivity index (χ3v) is 4.22. The van der Waals surface area contributed by atoms with Gasteiger partial charge in [-0.2, -0.15) is 11.8 Å². The summed E-state index contributed by atoms with van der Waals surface area (Å²) in [5, 5.41) is 13.3. The van der Waals surface area contributed by atoms with Crippen molar-refractivity contribution in [3.8, 4) is 0 Å². The number of hydrogen-bond acceptors (Lipinski definition) is 3. The second kappa shape index (κ2) is 6.87. The average Bonchev–Trinajstić information content (AvgIpc) is 2.17. The first-order valence-electron chi connectivity index (χ1n) is 6.53. The minimum atomic E-state index is -0.499. The van der Waals surface area contributed by atoms with Gasteiger partial charge in [0, 0.05) is 12.1 Å². The second-order valence-electron chi connectivity index (χ2n) is 5.66. The first kappa shape index (κ1) is 14.3. The Morgan fingerprint density at radius 1 is 1.38 bits per heavy atom. The van der Waals surface area contributed by atoms with Crippen molar-refractivity contribution < 1.29 is 5.11 Å². The van der Waals surface area contributed by atoms with E-state index in [0.29, 0.717) is 6.04 Å². The smallest absolute Gasteiger partial charge is 0.0591 e. The Balaban J connectivity index is 2.08. The Hall–Kier alpha value is 0.270. The number of thioether (sulfide) groups is 1. The molecule has 1 aliphatic rings. The van der Waals surface area contributed by atoms with Crippen LogP contribution in [0.2, 0.25) is 0 Å². The maximum atomic E-state index is 9.63. The minimum Gasteiger partial charge on any atom is -0.390 e. The Bertz CT molecular complexity index is 185. The highest BCUT2D eigenvalue weighted by Crippen LogP contribution is 2.18. The first-order valence-corrected chi connectivity index (χ1v) is 7.69. The fourth-order valence-electron chi connectivity index (χ4n) is 2.19. The lowest BCUT2D eigenvalue weighted by Crippen LogP contribution is -2.39. The molecule has 3 heteroatoms. The summed E-state index contributed by atoms with van der Waals surface area (Å²) < 4.78 is 0. The topological polar surface area (TPSA) is 32.3 Å². The van der Waals surface area contributed by atoms with Gasteiger partial charge >= 0.3 is 0 Å². The summed E-state index contributed by atoms with van der Waals surface area (Å²) >= 11 is 2.07. The van der Waals surface area contributed by atoms with Crippen LogP contribution in [0, 0.1) is 0 Å². The van der Waals surface area contributed by atoms with Gasteiger partial charge in [-0.1, -0.05) is 0 Å². The molecule has 1 fully saturated rings. The zero-order valence-electron chi connectivity index (χ0n) is 11.0. The van der Waals surface area contributed by atoms with Crippen LogP contribution in [0.3, 0.4) is 0 Å². The van der Waals surface area contributed by atoms with Crippen LogP contribution in [-0.2, 0) is 0 Å². The van der Waals surface area contributed by atoms with E-state index in [1.807, 2.05) is 13.8 Å². The van der Waals surface area contributed by atoms with Crippen molar-refractivity contribution in [1.29, 1.82) is 0 Å². The molecule has 0 amide bonds. The van der Waals surface area contributed by atoms with Gasteiger partial charge in [0.2, 0.25) is 0 Å². The lowest BCUT2D eigenvalue weighted by molar-refractivity contribution is 0.0674. The molecule has 1 saturated heterocycles. The molecule has 1 atom stereocenters. The molecule has 1 aliphatic heterocycles. The van der Waals surface area contributed by atoms with E-state index in [1.54, 1.807) is 0 Å². The molecule has 2 nitrogen and oxygen atoms in total. The number of nitrogens with one attached hydrogen (secondary N) is 1. The molecule has 1 rings (SSSR count). The van der Waals surface area contributed by atoms with Gasteiger partial charge < -0.3 is 10.4 Å². The predicted octanol–water partition coefficient (Wildman–Crippen LogP) is 2.80. The van der Waals surface area contributed by atoms with Crippen LogP contribution < -0.4 is 5.32 Å². The minimum absolute atomic E-state index is 0.499. The van der Waals surface area contributed by atoms with Crippen LogP contribution in [-0.4, -0.2) is 34.3 Å². The van der Waals surface area contributed by atoms with Crippen molar-refractivity contribution in [2.45, 2.75) is 70.6 Å². The van der Waals surface area contributed by atoms with Crippen LogP contribution in [0.5, 0.6) is 0 Å². The second-order valence-corrected chi connectivity index (χ2v) is 6.88. The molecule has 0 spiro atoms. The van der Waals surface area contributed by atoms with E-state index in [-0.39, 0.29) is 0 Å². The number of hydrogen-bond donors (Lipinski definition) is 2. The van der Waals surface area contributed by atoms with Crippen molar-refractivity contribution >= 4 is 11.8 Å². The van der Waals surface area contributed by atoms with Crippen LogP contribution in [0.4, 0.5) is 0 Å². The molecule has 0 unspecified atom stereocenters. The number of rotatable bonds is 6.